The predicted octanol–water partition coefficient (Wildman–Crippen LogP) is 1.69. The highest BCUT2D eigenvalue weighted by Crippen LogP contribution is 2.63. The second-order valence-electron chi connectivity index (χ2n) is 4.62. The van der Waals surface area contributed by atoms with E-state index >= 15 is 0 Å². The van der Waals surface area contributed by atoms with Crippen LogP contribution in [-0.4, -0.2) is 36.1 Å². The van der Waals surface area contributed by atoms with Crippen LogP contribution in [0.3, 0.4) is 0 Å². The zero-order chi connectivity index (χ0) is 9.05. The summed E-state index contributed by atoms with van der Waals surface area (Å²) < 4.78 is 0. The molecular formula is C10H17N3. The molecule has 0 aromatic carbocycles. The molecule has 2 aliphatic heterocycles. The highest BCUT2D eigenvalue weighted by molar-refractivity contribution is 5.26. The maximum atomic E-state index is 4.44. The third-order valence-electron chi connectivity index (χ3n) is 4.21. The molecule has 1 aliphatic carbocycles. The lowest BCUT2D eigenvalue weighted by Crippen LogP contribution is -2.37. The average molecular weight is 179 g/mol. The predicted molar refractivity (Wildman–Crippen MR) is 50.8 cm³/mol. The number of piperidine rings is 1. The van der Waals surface area contributed by atoms with Gasteiger partial charge < -0.3 is 0 Å². The monoisotopic (exact) mass is 179 g/mol. The molecule has 72 valence electrons. The van der Waals surface area contributed by atoms with Crippen LogP contribution in [-0.2, 0) is 0 Å². The minimum Gasteiger partial charge on any atom is -0.295 e. The van der Waals surface area contributed by atoms with Crippen molar-refractivity contribution in [2.45, 2.75) is 44.8 Å². The largest absolute Gasteiger partial charge is 0.295 e. The Kier molecular flexibility index (Phi) is 1.41. The first-order valence-corrected chi connectivity index (χ1v) is 5.46. The lowest BCUT2D eigenvalue weighted by Gasteiger charge is -2.27. The zero-order valence-corrected chi connectivity index (χ0v) is 8.40. The van der Waals surface area contributed by atoms with E-state index < -0.39 is 0 Å². The summed E-state index contributed by atoms with van der Waals surface area (Å²) in [4.78, 5) is 2.66. The summed E-state index contributed by atoms with van der Waals surface area (Å²) in [6, 6.07) is 2.06. The number of rotatable bonds is 2. The van der Waals surface area contributed by atoms with Gasteiger partial charge in [0.1, 0.15) is 0 Å². The molecule has 0 aromatic rings. The van der Waals surface area contributed by atoms with E-state index in [0.29, 0.717) is 17.5 Å². The summed E-state index contributed by atoms with van der Waals surface area (Å²) in [5, 5.41) is 8.69. The topological polar surface area (TPSA) is 28.0 Å². The van der Waals surface area contributed by atoms with Gasteiger partial charge in [-0.3, -0.25) is 4.90 Å². The first kappa shape index (κ1) is 7.92. The van der Waals surface area contributed by atoms with E-state index in [0.717, 1.165) is 12.6 Å². The number of likely N-dealkylation sites (N-methyl/N-ethyl adjacent to an activating group) is 1. The third-order valence-corrected chi connectivity index (χ3v) is 4.21. The molecule has 1 saturated heterocycles. The second kappa shape index (κ2) is 2.32. The Morgan fingerprint density at radius 2 is 2.31 bits per heavy atom. The van der Waals surface area contributed by atoms with Crippen LogP contribution in [0.15, 0.2) is 10.2 Å². The van der Waals surface area contributed by atoms with Gasteiger partial charge in [0.15, 0.2) is 0 Å². The van der Waals surface area contributed by atoms with Crippen molar-refractivity contribution in [1.82, 2.24) is 4.90 Å². The lowest BCUT2D eigenvalue weighted by atomic mass is 9.93. The van der Waals surface area contributed by atoms with Gasteiger partial charge in [-0.15, -0.1) is 0 Å². The highest BCUT2D eigenvalue weighted by atomic mass is 15.4. The highest BCUT2D eigenvalue weighted by Gasteiger charge is 2.71. The van der Waals surface area contributed by atoms with Gasteiger partial charge in [0.2, 0.25) is 0 Å². The normalized spacial score (nSPS) is 52.3. The molecule has 0 amide bonds. The van der Waals surface area contributed by atoms with Crippen molar-refractivity contribution in [2.24, 2.45) is 15.6 Å². The number of likely N-dealkylation sites (tertiary alicyclic amines) is 1. The summed E-state index contributed by atoms with van der Waals surface area (Å²) in [6.45, 7) is 6.75. The Balaban J connectivity index is 1.92. The Labute approximate surface area is 79.2 Å². The molecule has 1 saturated carbocycles. The minimum absolute atomic E-state index is 0.511. The van der Waals surface area contributed by atoms with E-state index in [4.69, 9.17) is 0 Å². The van der Waals surface area contributed by atoms with Crippen molar-refractivity contribution in [1.29, 1.82) is 0 Å². The van der Waals surface area contributed by atoms with E-state index in [1.807, 2.05) is 0 Å². The maximum absolute atomic E-state index is 4.44. The molecule has 4 unspecified atom stereocenters. The van der Waals surface area contributed by atoms with E-state index in [1.165, 1.54) is 19.4 Å². The number of hydrogen-bond acceptors (Lipinski definition) is 3. The van der Waals surface area contributed by atoms with Crippen molar-refractivity contribution in [3.8, 4) is 0 Å². The van der Waals surface area contributed by atoms with Gasteiger partial charge in [-0.2, -0.15) is 10.2 Å². The quantitative estimate of drug-likeness (QED) is 0.634. The molecule has 3 nitrogen and oxygen atoms in total. The average Bonchev–Trinajstić information content (AvgIpc) is 2.57. The van der Waals surface area contributed by atoms with Gasteiger partial charge >= 0.3 is 0 Å². The van der Waals surface area contributed by atoms with Crippen LogP contribution in [0.2, 0.25) is 0 Å². The van der Waals surface area contributed by atoms with Crippen LogP contribution in [0.1, 0.15) is 26.7 Å². The Morgan fingerprint density at radius 1 is 1.46 bits per heavy atom. The van der Waals surface area contributed by atoms with Gasteiger partial charge in [-0.05, 0) is 19.4 Å². The molecule has 3 heteroatoms. The first-order chi connectivity index (χ1) is 6.33. The van der Waals surface area contributed by atoms with Crippen LogP contribution < -0.4 is 0 Å². The van der Waals surface area contributed by atoms with Crippen molar-refractivity contribution in [3.05, 3.63) is 0 Å². The summed E-state index contributed by atoms with van der Waals surface area (Å²) in [6.07, 6.45) is 2.59. The second-order valence-corrected chi connectivity index (χ2v) is 4.62. The molecule has 1 spiro atoms. The fraction of sp³-hybridized carbons (Fsp3) is 1.00. The molecule has 3 aliphatic rings. The fourth-order valence-electron chi connectivity index (χ4n) is 3.49. The van der Waals surface area contributed by atoms with Gasteiger partial charge in [0, 0.05) is 17.5 Å². The van der Waals surface area contributed by atoms with Gasteiger partial charge in [0.25, 0.3) is 0 Å². The molecule has 13 heavy (non-hydrogen) atoms. The van der Waals surface area contributed by atoms with E-state index in [2.05, 4.69) is 29.0 Å². The van der Waals surface area contributed by atoms with Crippen LogP contribution in [0.5, 0.6) is 0 Å². The molecular weight excluding hydrogens is 162 g/mol. The van der Waals surface area contributed by atoms with Gasteiger partial charge in [-0.1, -0.05) is 13.8 Å². The molecule has 2 fully saturated rings. The minimum atomic E-state index is 0.511. The van der Waals surface area contributed by atoms with Crippen LogP contribution >= 0.6 is 0 Å². The van der Waals surface area contributed by atoms with Gasteiger partial charge in [0.05, 0.1) is 12.6 Å². The maximum Gasteiger partial charge on any atom is 0.0953 e. The molecule has 0 bridgehead atoms. The van der Waals surface area contributed by atoms with Crippen molar-refractivity contribution in [2.75, 3.05) is 13.1 Å². The van der Waals surface area contributed by atoms with Crippen LogP contribution in [0, 0.1) is 5.41 Å². The summed E-state index contributed by atoms with van der Waals surface area (Å²) in [5.74, 6) is 0. The van der Waals surface area contributed by atoms with Crippen molar-refractivity contribution < 1.29 is 0 Å². The number of azo groups is 1. The summed E-state index contributed by atoms with van der Waals surface area (Å²) >= 11 is 0. The SMILES string of the molecule is CCC1C2N=NCC23CC3N1CC. The van der Waals surface area contributed by atoms with E-state index in [9.17, 15) is 0 Å². The van der Waals surface area contributed by atoms with E-state index in [-0.39, 0.29) is 0 Å². The van der Waals surface area contributed by atoms with Gasteiger partial charge in [-0.25, -0.2) is 0 Å². The zero-order valence-electron chi connectivity index (χ0n) is 8.40. The van der Waals surface area contributed by atoms with Crippen molar-refractivity contribution >= 4 is 0 Å². The van der Waals surface area contributed by atoms with Crippen LogP contribution in [0.25, 0.3) is 0 Å². The summed E-state index contributed by atoms with van der Waals surface area (Å²) in [5.41, 5.74) is 0.511. The molecule has 0 radical (unpaired) electrons. The molecule has 0 aromatic heterocycles. The number of nitrogens with zero attached hydrogens (tertiary/aromatic N) is 3. The Morgan fingerprint density at radius 3 is 3.00 bits per heavy atom. The van der Waals surface area contributed by atoms with Crippen molar-refractivity contribution in [3.63, 3.8) is 0 Å². The molecule has 2 heterocycles. The van der Waals surface area contributed by atoms with Crippen LogP contribution in [0.4, 0.5) is 0 Å². The Bertz CT molecular complexity index is 263. The Hall–Kier alpha value is -0.440. The lowest BCUT2D eigenvalue weighted by molar-refractivity contribution is 0.210. The summed E-state index contributed by atoms with van der Waals surface area (Å²) in [7, 11) is 0. The standard InChI is InChI=1S/C10H17N3/c1-3-7-9-10(6-11-12-9)5-8(10)13(7)4-2/h7-9H,3-6H2,1-2H3. The van der Waals surface area contributed by atoms with E-state index in [1.54, 1.807) is 0 Å². The fourth-order valence-corrected chi connectivity index (χ4v) is 3.49. The third kappa shape index (κ3) is 0.749. The molecule has 0 N–H and O–H groups in total. The first-order valence-electron chi connectivity index (χ1n) is 5.46. The smallest absolute Gasteiger partial charge is 0.0953 e. The molecule has 4 atom stereocenters. The molecule has 3 rings (SSSR count). The number of hydrogen-bond donors (Lipinski definition) is 0.